The van der Waals surface area contributed by atoms with Crippen LogP contribution in [0.15, 0.2) is 36.4 Å². The molecule has 5 nitrogen and oxygen atoms in total. The zero-order valence-electron chi connectivity index (χ0n) is 13.6. The third-order valence-electron chi connectivity index (χ3n) is 3.73. The largest absolute Gasteiger partial charge is 0.480 e. The highest BCUT2D eigenvalue weighted by molar-refractivity contribution is 6.33. The van der Waals surface area contributed by atoms with Crippen LogP contribution in [0.25, 0.3) is 11.1 Å². The molecular weight excluding hydrogens is 347 g/mol. The Morgan fingerprint density at radius 2 is 2.04 bits per heavy atom. The van der Waals surface area contributed by atoms with Crippen molar-refractivity contribution in [1.82, 2.24) is 5.32 Å². The van der Waals surface area contributed by atoms with Gasteiger partial charge in [-0.15, -0.1) is 0 Å². The molecule has 0 saturated carbocycles. The van der Waals surface area contributed by atoms with Crippen LogP contribution in [-0.4, -0.2) is 29.6 Å². The highest BCUT2D eigenvalue weighted by atomic mass is 35.5. The topological polar surface area (TPSA) is 92.4 Å². The molecule has 0 bridgehead atoms. The number of nitrogens with one attached hydrogen (secondary N) is 1. The molecule has 0 spiro atoms. The van der Waals surface area contributed by atoms with Crippen LogP contribution in [-0.2, 0) is 11.2 Å². The van der Waals surface area contributed by atoms with Gasteiger partial charge in [0.25, 0.3) is 5.91 Å². The fourth-order valence-electron chi connectivity index (χ4n) is 2.44. The molecular formula is C18H18ClFN2O3. The summed E-state index contributed by atoms with van der Waals surface area (Å²) in [6, 6.07) is 8.07. The van der Waals surface area contributed by atoms with E-state index in [0.717, 1.165) is 11.6 Å². The maximum atomic E-state index is 14.0. The second kappa shape index (κ2) is 8.09. The minimum Gasteiger partial charge on any atom is -0.480 e. The zero-order valence-corrected chi connectivity index (χ0v) is 14.3. The summed E-state index contributed by atoms with van der Waals surface area (Å²) >= 11 is 6.26. The van der Waals surface area contributed by atoms with Gasteiger partial charge in [0, 0.05) is 22.7 Å². The van der Waals surface area contributed by atoms with Gasteiger partial charge in [-0.05, 0) is 41.8 Å². The van der Waals surface area contributed by atoms with Crippen molar-refractivity contribution in [3.05, 3.63) is 58.4 Å². The number of carbonyl (C=O) groups is 2. The molecule has 1 atom stereocenters. The number of benzene rings is 2. The molecule has 0 aliphatic heterocycles. The number of carbonyl (C=O) groups excluding carboxylic acids is 1. The predicted molar refractivity (Wildman–Crippen MR) is 94.2 cm³/mol. The number of hydrogen-bond acceptors (Lipinski definition) is 3. The van der Waals surface area contributed by atoms with Gasteiger partial charge in [0.15, 0.2) is 0 Å². The molecule has 0 fully saturated rings. The molecule has 25 heavy (non-hydrogen) atoms. The normalized spacial score (nSPS) is 11.8. The number of carboxylic acids is 1. The Bertz CT molecular complexity index is 811. The molecule has 0 aliphatic carbocycles. The summed E-state index contributed by atoms with van der Waals surface area (Å²) in [4.78, 5) is 22.9. The Morgan fingerprint density at radius 3 is 2.68 bits per heavy atom. The molecule has 1 amide bonds. The average Bonchev–Trinajstić information content (AvgIpc) is 2.58. The number of amides is 1. The lowest BCUT2D eigenvalue weighted by Crippen LogP contribution is -2.42. The average molecular weight is 365 g/mol. The van der Waals surface area contributed by atoms with E-state index in [1.807, 2.05) is 19.1 Å². The lowest BCUT2D eigenvalue weighted by molar-refractivity contribution is -0.138. The molecule has 2 aromatic rings. The van der Waals surface area contributed by atoms with E-state index in [4.69, 9.17) is 22.4 Å². The summed E-state index contributed by atoms with van der Waals surface area (Å²) in [6.07, 6.45) is 0.696. The molecule has 0 saturated heterocycles. The van der Waals surface area contributed by atoms with Crippen molar-refractivity contribution in [2.45, 2.75) is 19.4 Å². The molecule has 0 aliphatic rings. The van der Waals surface area contributed by atoms with E-state index >= 15 is 0 Å². The Morgan fingerprint density at radius 1 is 1.32 bits per heavy atom. The number of halogens is 2. The van der Waals surface area contributed by atoms with Crippen LogP contribution in [0.2, 0.25) is 5.02 Å². The second-order valence-electron chi connectivity index (χ2n) is 5.51. The van der Waals surface area contributed by atoms with Gasteiger partial charge in [-0.1, -0.05) is 30.7 Å². The Balaban J connectivity index is 2.36. The number of nitrogens with two attached hydrogens (primary N) is 1. The van der Waals surface area contributed by atoms with Crippen LogP contribution in [0.5, 0.6) is 0 Å². The Labute approximate surface area is 149 Å². The molecule has 7 heteroatoms. The first kappa shape index (κ1) is 18.9. The first-order valence-electron chi connectivity index (χ1n) is 7.68. The van der Waals surface area contributed by atoms with Crippen LogP contribution in [0.1, 0.15) is 22.8 Å². The molecule has 4 N–H and O–H groups in total. The smallest absolute Gasteiger partial charge is 0.322 e. The van der Waals surface area contributed by atoms with Gasteiger partial charge in [0.2, 0.25) is 0 Å². The van der Waals surface area contributed by atoms with Crippen molar-refractivity contribution < 1.29 is 19.1 Å². The van der Waals surface area contributed by atoms with Crippen molar-refractivity contribution in [2.75, 3.05) is 6.54 Å². The molecule has 0 unspecified atom stereocenters. The zero-order chi connectivity index (χ0) is 18.6. The second-order valence-corrected chi connectivity index (χ2v) is 5.92. The lowest BCUT2D eigenvalue weighted by Gasteiger charge is -2.13. The molecule has 2 rings (SSSR count). The number of hydrogen-bond donors (Lipinski definition) is 3. The number of carboxylic acid groups (broad SMARTS) is 1. The fraction of sp³-hybridized carbons (Fsp3) is 0.222. The molecule has 132 valence electrons. The highest BCUT2D eigenvalue weighted by Crippen LogP contribution is 2.32. The standard InChI is InChI=1S/C18H18ClFN2O3/c1-2-10-4-3-5-14(19)16(10)11-6-12(8-13(20)7-11)17(23)22-9-15(21)18(24)25/h3-8,15H,2,9,21H2,1H3,(H,22,23)(H,24,25)/t15-/m1/s1. The quantitative estimate of drug-likeness (QED) is 0.734. The summed E-state index contributed by atoms with van der Waals surface area (Å²) < 4.78 is 14.0. The monoisotopic (exact) mass is 364 g/mol. The fourth-order valence-corrected chi connectivity index (χ4v) is 2.75. The number of rotatable bonds is 6. The van der Waals surface area contributed by atoms with Gasteiger partial charge in [-0.2, -0.15) is 0 Å². The maximum Gasteiger partial charge on any atom is 0.322 e. The lowest BCUT2D eigenvalue weighted by atomic mass is 9.96. The van der Waals surface area contributed by atoms with Crippen LogP contribution in [0.3, 0.4) is 0 Å². The van der Waals surface area contributed by atoms with Crippen LogP contribution in [0, 0.1) is 5.82 Å². The van der Waals surface area contributed by atoms with Crippen LogP contribution < -0.4 is 11.1 Å². The predicted octanol–water partition coefficient (Wildman–Crippen LogP) is 2.85. The molecule has 0 aromatic heterocycles. The van der Waals surface area contributed by atoms with E-state index in [0.29, 0.717) is 22.6 Å². The highest BCUT2D eigenvalue weighted by Gasteiger charge is 2.16. The maximum absolute atomic E-state index is 14.0. The van der Waals surface area contributed by atoms with Crippen molar-refractivity contribution in [1.29, 1.82) is 0 Å². The van der Waals surface area contributed by atoms with E-state index in [1.165, 1.54) is 12.1 Å². The van der Waals surface area contributed by atoms with Crippen molar-refractivity contribution in [2.24, 2.45) is 5.73 Å². The van der Waals surface area contributed by atoms with Gasteiger partial charge in [-0.25, -0.2) is 4.39 Å². The molecule has 2 aromatic carbocycles. The van der Waals surface area contributed by atoms with Gasteiger partial charge in [-0.3, -0.25) is 9.59 Å². The van der Waals surface area contributed by atoms with Crippen molar-refractivity contribution in [3.63, 3.8) is 0 Å². The first-order chi connectivity index (χ1) is 11.8. The van der Waals surface area contributed by atoms with Gasteiger partial charge >= 0.3 is 5.97 Å². The summed E-state index contributed by atoms with van der Waals surface area (Å²) in [7, 11) is 0. The van der Waals surface area contributed by atoms with E-state index < -0.39 is 23.7 Å². The summed E-state index contributed by atoms with van der Waals surface area (Å²) in [5.74, 6) is -2.43. The van der Waals surface area contributed by atoms with E-state index in [9.17, 15) is 14.0 Å². The van der Waals surface area contributed by atoms with Crippen LogP contribution >= 0.6 is 11.6 Å². The minimum atomic E-state index is -1.23. The summed E-state index contributed by atoms with van der Waals surface area (Å²) in [5, 5.41) is 11.6. The van der Waals surface area contributed by atoms with Gasteiger partial charge in [0.1, 0.15) is 11.9 Å². The van der Waals surface area contributed by atoms with Crippen molar-refractivity contribution in [3.8, 4) is 11.1 Å². The van der Waals surface area contributed by atoms with Gasteiger partial charge in [0.05, 0.1) is 0 Å². The molecule has 0 heterocycles. The van der Waals surface area contributed by atoms with E-state index in [1.54, 1.807) is 6.07 Å². The summed E-state index contributed by atoms with van der Waals surface area (Å²) in [6.45, 7) is 1.70. The number of aliphatic carboxylic acids is 1. The third-order valence-corrected chi connectivity index (χ3v) is 4.04. The third kappa shape index (κ3) is 4.55. The van der Waals surface area contributed by atoms with Gasteiger partial charge < -0.3 is 16.2 Å². The summed E-state index contributed by atoms with van der Waals surface area (Å²) in [5.41, 5.74) is 7.49. The Kier molecular flexibility index (Phi) is 6.12. The minimum absolute atomic E-state index is 0.0644. The molecule has 0 radical (unpaired) electrons. The Hall–Kier alpha value is -2.44. The van der Waals surface area contributed by atoms with Crippen LogP contribution in [0.4, 0.5) is 4.39 Å². The SMILES string of the molecule is CCc1cccc(Cl)c1-c1cc(F)cc(C(=O)NC[C@@H](N)C(=O)O)c1. The van der Waals surface area contributed by atoms with Crippen molar-refractivity contribution >= 4 is 23.5 Å². The van der Waals surface area contributed by atoms with E-state index in [2.05, 4.69) is 5.32 Å². The number of aryl methyl sites for hydroxylation is 1. The first-order valence-corrected chi connectivity index (χ1v) is 8.06. The van der Waals surface area contributed by atoms with E-state index in [-0.39, 0.29) is 12.1 Å².